The van der Waals surface area contributed by atoms with Crippen LogP contribution in [0.5, 0.6) is 5.75 Å². The Morgan fingerprint density at radius 3 is 2.52 bits per heavy atom. The lowest BCUT2D eigenvalue weighted by Gasteiger charge is -2.08. The Bertz CT molecular complexity index is 896. The fraction of sp³-hybridized carbons (Fsp3) is 0.190. The number of hydrogen-bond donors (Lipinski definition) is 1. The van der Waals surface area contributed by atoms with Gasteiger partial charge in [0, 0.05) is 16.8 Å². The summed E-state index contributed by atoms with van der Waals surface area (Å²) in [7, 11) is 0. The number of carbonyl (C=O) groups excluding carboxylic acids is 1. The second-order valence-electron chi connectivity index (χ2n) is 5.68. The fourth-order valence-electron chi connectivity index (χ4n) is 2.53. The molecule has 0 saturated carbocycles. The summed E-state index contributed by atoms with van der Waals surface area (Å²) < 4.78 is 5.40. The molecule has 0 bridgehead atoms. The lowest BCUT2D eigenvalue weighted by Crippen LogP contribution is -2.11. The number of nitrogens with one attached hydrogen (secondary N) is 1. The van der Waals surface area contributed by atoms with Gasteiger partial charge < -0.3 is 10.1 Å². The lowest BCUT2D eigenvalue weighted by atomic mass is 10.1. The highest BCUT2D eigenvalue weighted by atomic mass is 32.2. The molecule has 0 saturated heterocycles. The molecule has 27 heavy (non-hydrogen) atoms. The van der Waals surface area contributed by atoms with Gasteiger partial charge in [-0.25, -0.2) is 0 Å². The van der Waals surface area contributed by atoms with E-state index in [2.05, 4.69) is 22.4 Å². The molecule has 2 aromatic carbocycles. The number of nitrogens with zero attached hydrogens (tertiary/aromatic N) is 2. The monoisotopic (exact) mass is 379 g/mol. The lowest BCUT2D eigenvalue weighted by molar-refractivity contribution is 0.102. The normalized spacial score (nSPS) is 10.4. The number of rotatable bonds is 7. The van der Waals surface area contributed by atoms with Crippen molar-refractivity contribution in [2.24, 2.45) is 0 Å². The quantitative estimate of drug-likeness (QED) is 0.591. The molecular formula is C21H21N3O2S. The van der Waals surface area contributed by atoms with Crippen molar-refractivity contribution in [2.45, 2.75) is 18.9 Å². The molecule has 1 heterocycles. The Morgan fingerprint density at radius 1 is 1.04 bits per heavy atom. The minimum absolute atomic E-state index is 0.170. The van der Waals surface area contributed by atoms with Crippen LogP contribution in [0.15, 0.2) is 65.7 Å². The molecule has 0 unspecified atom stereocenters. The molecule has 3 aromatic rings. The Labute approximate surface area is 163 Å². The van der Waals surface area contributed by atoms with Gasteiger partial charge in [-0.3, -0.25) is 4.79 Å². The van der Waals surface area contributed by atoms with Crippen LogP contribution in [0.3, 0.4) is 0 Å². The predicted molar refractivity (Wildman–Crippen MR) is 109 cm³/mol. The van der Waals surface area contributed by atoms with Crippen LogP contribution < -0.4 is 10.1 Å². The number of ether oxygens (including phenoxy) is 1. The first-order chi connectivity index (χ1) is 13.2. The van der Waals surface area contributed by atoms with Crippen molar-refractivity contribution in [3.8, 4) is 17.0 Å². The maximum absolute atomic E-state index is 12.5. The molecule has 0 radical (unpaired) electrons. The smallest absolute Gasteiger partial charge is 0.255 e. The van der Waals surface area contributed by atoms with E-state index in [-0.39, 0.29) is 5.91 Å². The minimum atomic E-state index is -0.170. The molecule has 0 atom stereocenters. The zero-order valence-corrected chi connectivity index (χ0v) is 16.1. The van der Waals surface area contributed by atoms with Crippen molar-refractivity contribution < 1.29 is 9.53 Å². The van der Waals surface area contributed by atoms with Crippen LogP contribution in [0.25, 0.3) is 11.3 Å². The third-order valence-corrected chi connectivity index (χ3v) is 4.58. The molecule has 0 spiro atoms. The molecule has 0 aliphatic carbocycles. The molecule has 0 aliphatic heterocycles. The molecule has 0 fully saturated rings. The van der Waals surface area contributed by atoms with Gasteiger partial charge in [0.15, 0.2) is 0 Å². The van der Waals surface area contributed by atoms with Crippen molar-refractivity contribution in [3.05, 3.63) is 66.2 Å². The maximum Gasteiger partial charge on any atom is 0.255 e. The Kier molecular flexibility index (Phi) is 6.44. The van der Waals surface area contributed by atoms with Crippen LogP contribution in [-0.4, -0.2) is 28.5 Å². The van der Waals surface area contributed by atoms with E-state index < -0.39 is 0 Å². The topological polar surface area (TPSA) is 64.1 Å². The fourth-order valence-corrected chi connectivity index (χ4v) is 3.09. The van der Waals surface area contributed by atoms with Crippen LogP contribution in [0.4, 0.5) is 5.69 Å². The van der Waals surface area contributed by atoms with Gasteiger partial charge in [0.1, 0.15) is 10.8 Å². The second-order valence-corrected chi connectivity index (χ2v) is 6.97. The van der Waals surface area contributed by atoms with E-state index in [4.69, 9.17) is 4.74 Å². The third-order valence-electron chi connectivity index (χ3n) is 3.78. The summed E-state index contributed by atoms with van der Waals surface area (Å²) in [6, 6.07) is 18.6. The van der Waals surface area contributed by atoms with Gasteiger partial charge >= 0.3 is 0 Å². The number of thioether (sulfide) groups is 1. The molecule has 1 aromatic heterocycles. The van der Waals surface area contributed by atoms with Gasteiger partial charge in [0.2, 0.25) is 0 Å². The highest BCUT2D eigenvalue weighted by Gasteiger charge is 2.08. The van der Waals surface area contributed by atoms with Crippen LogP contribution in [0.2, 0.25) is 0 Å². The van der Waals surface area contributed by atoms with E-state index in [0.717, 1.165) is 27.8 Å². The first kappa shape index (κ1) is 18.9. The summed E-state index contributed by atoms with van der Waals surface area (Å²) in [5.74, 6) is 1.54. The van der Waals surface area contributed by atoms with E-state index in [1.54, 1.807) is 36.0 Å². The summed E-state index contributed by atoms with van der Waals surface area (Å²) in [5, 5.41) is 12.3. The average Bonchev–Trinajstić information content (AvgIpc) is 2.70. The van der Waals surface area contributed by atoms with Gasteiger partial charge in [-0.2, -0.15) is 0 Å². The third kappa shape index (κ3) is 5.08. The highest BCUT2D eigenvalue weighted by molar-refractivity contribution is 7.99. The molecule has 1 N–H and O–H groups in total. The number of benzene rings is 2. The van der Waals surface area contributed by atoms with Crippen molar-refractivity contribution in [2.75, 3.05) is 17.7 Å². The zero-order valence-electron chi connectivity index (χ0n) is 15.3. The molecule has 3 rings (SSSR count). The highest BCUT2D eigenvalue weighted by Crippen LogP contribution is 2.23. The molecular weight excluding hydrogens is 358 g/mol. The molecule has 1 amide bonds. The largest absolute Gasteiger partial charge is 0.494 e. The predicted octanol–water partition coefficient (Wildman–Crippen LogP) is 4.91. The van der Waals surface area contributed by atoms with Crippen molar-refractivity contribution in [3.63, 3.8) is 0 Å². The van der Waals surface area contributed by atoms with Crippen LogP contribution in [-0.2, 0) is 0 Å². The first-order valence-corrected chi connectivity index (χ1v) is 9.79. The number of amides is 1. The Hall–Kier alpha value is -2.86. The van der Waals surface area contributed by atoms with Crippen LogP contribution in [0.1, 0.15) is 24.2 Å². The summed E-state index contributed by atoms with van der Waals surface area (Å²) in [4.78, 5) is 12.5. The average molecular weight is 379 g/mol. The van der Waals surface area contributed by atoms with E-state index in [0.29, 0.717) is 17.9 Å². The van der Waals surface area contributed by atoms with Crippen molar-refractivity contribution >= 4 is 23.4 Å². The second kappa shape index (κ2) is 9.19. The maximum atomic E-state index is 12.5. The van der Waals surface area contributed by atoms with Gasteiger partial charge in [-0.1, -0.05) is 19.1 Å². The first-order valence-electron chi connectivity index (χ1n) is 8.80. The van der Waals surface area contributed by atoms with E-state index in [9.17, 15) is 4.79 Å². The molecule has 6 heteroatoms. The van der Waals surface area contributed by atoms with Crippen LogP contribution >= 0.6 is 11.8 Å². The van der Waals surface area contributed by atoms with Crippen molar-refractivity contribution in [1.82, 2.24) is 10.2 Å². The number of aromatic nitrogens is 2. The van der Waals surface area contributed by atoms with Crippen LogP contribution in [0, 0.1) is 0 Å². The number of carbonyl (C=O) groups is 1. The number of hydrogen-bond acceptors (Lipinski definition) is 5. The Morgan fingerprint density at radius 2 is 1.85 bits per heavy atom. The van der Waals surface area contributed by atoms with E-state index in [1.807, 2.05) is 43.3 Å². The number of anilines is 1. The van der Waals surface area contributed by atoms with Gasteiger partial charge in [0.05, 0.1) is 12.3 Å². The summed E-state index contributed by atoms with van der Waals surface area (Å²) in [6.07, 6.45) is 0. The SMILES string of the molecule is CCOc1ccc(C(=O)Nc2cccc(-c3ccc(SCC)nn3)c2)cc1. The van der Waals surface area contributed by atoms with Crippen molar-refractivity contribution in [1.29, 1.82) is 0 Å². The Balaban J connectivity index is 1.72. The van der Waals surface area contributed by atoms with E-state index >= 15 is 0 Å². The van der Waals surface area contributed by atoms with E-state index in [1.165, 1.54) is 0 Å². The molecule has 5 nitrogen and oxygen atoms in total. The molecule has 0 aliphatic rings. The van der Waals surface area contributed by atoms with Gasteiger partial charge in [-0.05, 0) is 61.2 Å². The van der Waals surface area contributed by atoms with Gasteiger partial charge in [0.25, 0.3) is 5.91 Å². The van der Waals surface area contributed by atoms with Gasteiger partial charge in [-0.15, -0.1) is 22.0 Å². The molecule has 138 valence electrons. The zero-order chi connectivity index (χ0) is 19.1. The summed E-state index contributed by atoms with van der Waals surface area (Å²) >= 11 is 1.65. The summed E-state index contributed by atoms with van der Waals surface area (Å²) in [6.45, 7) is 4.60. The standard InChI is InChI=1S/C21H21N3O2S/c1-3-26-18-10-8-15(9-11-18)21(25)22-17-7-5-6-16(14-17)19-12-13-20(24-23-19)27-4-2/h5-14H,3-4H2,1-2H3,(H,22,25). The summed E-state index contributed by atoms with van der Waals surface area (Å²) in [5.41, 5.74) is 2.96. The minimum Gasteiger partial charge on any atom is -0.494 e.